The molecule has 2 heterocycles. The zero-order valence-electron chi connectivity index (χ0n) is 21.0. The Bertz CT molecular complexity index is 1070. The lowest BCUT2D eigenvalue weighted by atomic mass is 10.1. The molecule has 2 aromatic rings. The van der Waals surface area contributed by atoms with Gasteiger partial charge in [0.15, 0.2) is 0 Å². The Morgan fingerprint density at radius 2 is 1.53 bits per heavy atom. The predicted octanol–water partition coefficient (Wildman–Crippen LogP) is 4.40. The van der Waals surface area contributed by atoms with Crippen LogP contribution in [0.3, 0.4) is 0 Å². The van der Waals surface area contributed by atoms with Crippen LogP contribution >= 0.6 is 15.9 Å². The maximum absolute atomic E-state index is 13.6. The largest absolute Gasteiger partial charge is 0.477 e. The molecule has 8 nitrogen and oxygen atoms in total. The number of nitrogens with one attached hydrogen (secondary N) is 1. The third-order valence-corrected chi connectivity index (χ3v) is 5.90. The summed E-state index contributed by atoms with van der Waals surface area (Å²) in [6.07, 6.45) is 0. The van der Waals surface area contributed by atoms with Crippen molar-refractivity contribution < 1.29 is 46.5 Å². The summed E-state index contributed by atoms with van der Waals surface area (Å²) in [6, 6.07) is 4.65. The number of morpholine rings is 2. The van der Waals surface area contributed by atoms with Crippen LogP contribution in [0.1, 0.15) is 34.6 Å². The normalized spacial score (nSPS) is 18.9. The quantitative estimate of drug-likeness (QED) is 0.391. The summed E-state index contributed by atoms with van der Waals surface area (Å²) in [5.41, 5.74) is -1.25. The van der Waals surface area contributed by atoms with Gasteiger partial charge in [-0.3, -0.25) is 0 Å². The maximum atomic E-state index is 13.6. The molecule has 210 valence electrons. The summed E-state index contributed by atoms with van der Waals surface area (Å²) in [5.74, 6) is -6.64. The fourth-order valence-corrected chi connectivity index (χ4v) is 3.98. The summed E-state index contributed by atoms with van der Waals surface area (Å²) in [6.45, 7) is 8.25. The van der Waals surface area contributed by atoms with Crippen LogP contribution in [0, 0.1) is 23.3 Å². The van der Waals surface area contributed by atoms with Gasteiger partial charge in [0, 0.05) is 35.3 Å². The number of aromatic carboxylic acids is 1. The summed E-state index contributed by atoms with van der Waals surface area (Å²) in [7, 11) is 1.06. The Balaban J connectivity index is 0.000000220. The standard InChI is InChI=1S/C12H13F2NO3.C8H5BrF2O2.C5H11NO/c1-7-6-18-3-2-15(7)8-4-9(13)11(12(16)17)10(14)5-8;1-13-8(12)7-5(10)2-4(9)3-6(7)11;1-5-4-7-3-2-6-5/h4-5,7H,2-3,6H2,1H3,(H,16,17);2-3H,1H3;5-6H,2-4H2,1H3/t7-;;5-/m0.0/s1. The van der Waals surface area contributed by atoms with Gasteiger partial charge in [0.1, 0.15) is 34.4 Å². The molecule has 4 rings (SSSR count). The first kappa shape index (κ1) is 31.5. The van der Waals surface area contributed by atoms with Crippen molar-refractivity contribution >= 4 is 33.6 Å². The van der Waals surface area contributed by atoms with Crippen molar-refractivity contribution in [2.24, 2.45) is 0 Å². The molecular weight excluding hydrogens is 580 g/mol. The Hall–Kier alpha value is -2.74. The van der Waals surface area contributed by atoms with Crippen LogP contribution in [0.25, 0.3) is 0 Å². The average Bonchev–Trinajstić information content (AvgIpc) is 2.84. The molecule has 0 saturated carbocycles. The highest BCUT2D eigenvalue weighted by molar-refractivity contribution is 9.10. The van der Waals surface area contributed by atoms with E-state index in [1.807, 2.05) is 6.92 Å². The maximum Gasteiger partial charge on any atom is 0.343 e. The first-order valence-corrected chi connectivity index (χ1v) is 12.4. The smallest absolute Gasteiger partial charge is 0.343 e. The van der Waals surface area contributed by atoms with Gasteiger partial charge in [0.05, 0.1) is 33.5 Å². The number of benzene rings is 2. The van der Waals surface area contributed by atoms with E-state index in [0.29, 0.717) is 31.5 Å². The van der Waals surface area contributed by atoms with Crippen molar-refractivity contribution in [3.8, 4) is 0 Å². The second-order valence-electron chi connectivity index (χ2n) is 8.37. The van der Waals surface area contributed by atoms with Gasteiger partial charge in [0.25, 0.3) is 0 Å². The Kier molecular flexibility index (Phi) is 12.4. The van der Waals surface area contributed by atoms with E-state index in [-0.39, 0.29) is 10.5 Å². The van der Waals surface area contributed by atoms with E-state index in [2.05, 4.69) is 32.9 Å². The van der Waals surface area contributed by atoms with E-state index >= 15 is 0 Å². The fraction of sp³-hybridized carbons (Fsp3) is 0.440. The van der Waals surface area contributed by atoms with E-state index < -0.39 is 46.3 Å². The first-order chi connectivity index (χ1) is 18.0. The number of esters is 1. The van der Waals surface area contributed by atoms with Crippen molar-refractivity contribution in [2.75, 3.05) is 51.5 Å². The molecule has 0 amide bonds. The molecule has 38 heavy (non-hydrogen) atoms. The second-order valence-corrected chi connectivity index (χ2v) is 9.29. The van der Waals surface area contributed by atoms with Gasteiger partial charge >= 0.3 is 11.9 Å². The molecule has 2 atom stereocenters. The number of ether oxygens (including phenoxy) is 3. The Morgan fingerprint density at radius 3 is 1.95 bits per heavy atom. The van der Waals surface area contributed by atoms with Gasteiger partial charge in [-0.15, -0.1) is 0 Å². The SMILES string of the molecule is COC(=O)c1c(F)cc(Br)cc1F.C[C@H]1COCCN1.C[C@H]1COCCN1c1cc(F)c(C(=O)O)c(F)c1. The molecule has 2 aromatic carbocycles. The van der Waals surface area contributed by atoms with Crippen LogP contribution in [-0.4, -0.2) is 75.8 Å². The van der Waals surface area contributed by atoms with Crippen LogP contribution in [0.15, 0.2) is 28.7 Å². The number of rotatable bonds is 3. The van der Waals surface area contributed by atoms with Crippen molar-refractivity contribution in [1.82, 2.24) is 5.32 Å². The number of hydrogen-bond acceptors (Lipinski definition) is 7. The molecule has 0 unspecified atom stereocenters. The zero-order chi connectivity index (χ0) is 28.4. The lowest BCUT2D eigenvalue weighted by Crippen LogP contribution is -2.43. The number of carbonyl (C=O) groups excluding carboxylic acids is 1. The van der Waals surface area contributed by atoms with Crippen LogP contribution in [0.5, 0.6) is 0 Å². The molecule has 13 heteroatoms. The third-order valence-electron chi connectivity index (χ3n) is 5.44. The lowest BCUT2D eigenvalue weighted by molar-refractivity contribution is 0.0588. The summed E-state index contributed by atoms with van der Waals surface area (Å²) >= 11 is 2.89. The topological polar surface area (TPSA) is 97.3 Å². The van der Waals surface area contributed by atoms with E-state index in [4.69, 9.17) is 14.6 Å². The molecular formula is C25H29BrF4N2O6. The van der Waals surface area contributed by atoms with Crippen LogP contribution in [0.2, 0.25) is 0 Å². The molecule has 2 saturated heterocycles. The molecule has 0 bridgehead atoms. The van der Waals surface area contributed by atoms with Crippen molar-refractivity contribution in [1.29, 1.82) is 0 Å². The molecule has 2 aliphatic rings. The van der Waals surface area contributed by atoms with Gasteiger partial charge in [-0.05, 0) is 38.1 Å². The number of methoxy groups -OCH3 is 1. The summed E-state index contributed by atoms with van der Waals surface area (Å²) in [5, 5.41) is 11.9. The summed E-state index contributed by atoms with van der Waals surface area (Å²) < 4.78 is 67.9. The molecule has 2 N–H and O–H groups in total. The highest BCUT2D eigenvalue weighted by Crippen LogP contribution is 2.25. The van der Waals surface area contributed by atoms with E-state index in [1.165, 1.54) is 0 Å². The van der Waals surface area contributed by atoms with Gasteiger partial charge in [0.2, 0.25) is 0 Å². The van der Waals surface area contributed by atoms with Crippen LogP contribution in [-0.2, 0) is 14.2 Å². The van der Waals surface area contributed by atoms with Crippen LogP contribution < -0.4 is 10.2 Å². The zero-order valence-corrected chi connectivity index (χ0v) is 22.6. The molecule has 2 aliphatic heterocycles. The number of hydrogen-bond donors (Lipinski definition) is 2. The van der Waals surface area contributed by atoms with Gasteiger partial charge in [-0.25, -0.2) is 27.2 Å². The van der Waals surface area contributed by atoms with Gasteiger partial charge in [-0.1, -0.05) is 15.9 Å². The Labute approximate surface area is 226 Å². The second kappa shape index (κ2) is 15.0. The number of carboxylic acids is 1. The van der Waals surface area contributed by atoms with Gasteiger partial charge in [-0.2, -0.15) is 0 Å². The van der Waals surface area contributed by atoms with E-state index in [0.717, 1.165) is 51.1 Å². The van der Waals surface area contributed by atoms with Crippen molar-refractivity contribution in [2.45, 2.75) is 25.9 Å². The molecule has 0 spiro atoms. The first-order valence-electron chi connectivity index (χ1n) is 11.6. The fourth-order valence-electron chi connectivity index (χ4n) is 3.58. The minimum atomic E-state index is -1.61. The van der Waals surface area contributed by atoms with Gasteiger partial charge < -0.3 is 29.5 Å². The Morgan fingerprint density at radius 1 is 0.974 bits per heavy atom. The summed E-state index contributed by atoms with van der Waals surface area (Å²) in [4.78, 5) is 23.3. The third kappa shape index (κ3) is 8.93. The van der Waals surface area contributed by atoms with E-state index in [9.17, 15) is 27.2 Å². The number of carbonyl (C=O) groups is 2. The van der Waals surface area contributed by atoms with E-state index in [1.54, 1.807) is 4.90 Å². The molecule has 2 fully saturated rings. The number of carboxylic acid groups (broad SMARTS) is 1. The molecule has 0 aromatic heterocycles. The number of nitrogens with zero attached hydrogens (tertiary/aromatic N) is 1. The average molecular weight is 609 g/mol. The molecule has 0 radical (unpaired) electrons. The highest BCUT2D eigenvalue weighted by Gasteiger charge is 2.24. The van der Waals surface area contributed by atoms with Crippen molar-refractivity contribution in [3.63, 3.8) is 0 Å². The minimum absolute atomic E-state index is 0.00627. The van der Waals surface area contributed by atoms with Crippen molar-refractivity contribution in [3.05, 3.63) is 63.1 Å². The van der Waals surface area contributed by atoms with Crippen LogP contribution in [0.4, 0.5) is 23.2 Å². The predicted molar refractivity (Wildman–Crippen MR) is 135 cm³/mol. The highest BCUT2D eigenvalue weighted by atomic mass is 79.9. The monoisotopic (exact) mass is 608 g/mol. The number of halogens is 5. The number of anilines is 1. The minimum Gasteiger partial charge on any atom is -0.477 e. The molecule has 0 aliphatic carbocycles. The lowest BCUT2D eigenvalue weighted by Gasteiger charge is -2.35.